The lowest BCUT2D eigenvalue weighted by Gasteiger charge is -2.48. The number of rotatable bonds is 18. The van der Waals surface area contributed by atoms with Gasteiger partial charge in [-0.05, 0) is 37.1 Å². The van der Waals surface area contributed by atoms with Crippen molar-refractivity contribution in [3.8, 4) is 5.75 Å². The Bertz CT molecular complexity index is 1440. The monoisotopic (exact) mass is 871 g/mol. The quantitative estimate of drug-likeness (QED) is 0.0609. The molecule has 0 unspecified atom stereocenters. The summed E-state index contributed by atoms with van der Waals surface area (Å²) in [6, 6.07) is 6.03. The van der Waals surface area contributed by atoms with Crippen molar-refractivity contribution in [3.63, 3.8) is 0 Å². The molecule has 0 radical (unpaired) electrons. The molecule has 5 rings (SSSR count). The lowest BCUT2D eigenvalue weighted by Crippen LogP contribution is -2.66. The highest BCUT2D eigenvalue weighted by Gasteiger charge is 2.54. The van der Waals surface area contributed by atoms with Crippen molar-refractivity contribution in [1.82, 2.24) is 0 Å². The van der Waals surface area contributed by atoms with Gasteiger partial charge in [-0.15, -0.1) is 0 Å². The maximum atomic E-state index is 12.5. The van der Waals surface area contributed by atoms with Gasteiger partial charge in [0, 0.05) is 18.7 Å². The molecule has 4 aliphatic rings. The number of unbranched alkanes of at least 4 members (excludes halogenated alkanes) is 2. The second-order valence-electron chi connectivity index (χ2n) is 14.9. The minimum atomic E-state index is -1.96. The molecule has 0 bridgehead atoms. The van der Waals surface area contributed by atoms with Crippen LogP contribution in [-0.2, 0) is 38.0 Å². The fraction of sp³-hybridized carbons (Fsp3) is 0.806. The molecule has 0 aliphatic carbocycles. The first kappa shape index (κ1) is 48.7. The van der Waals surface area contributed by atoms with Crippen molar-refractivity contribution in [1.29, 1.82) is 0 Å². The Morgan fingerprint density at radius 2 is 0.983 bits per heavy atom. The van der Waals surface area contributed by atoms with Gasteiger partial charge in [0.2, 0.25) is 12.2 Å². The Balaban J connectivity index is 1.04. The van der Waals surface area contributed by atoms with Gasteiger partial charge in [0.05, 0.1) is 26.4 Å². The standard InChI is InChI=1S/C36H57NO23/c38-10-16-21(43)24(46)27(49)34(55-16)54-15-7-5-14(6-8-15)37-20(42)4-2-1-3-9-53-33-29(51)26(48)31(19(13-41)58-33)59-36-30(52)32(23(45)18(12-40)57-36)60-35-28(50)25(47)22(44)17(11-39)56-35/h5-8,16-19,21-36,38-41,43-52H,1-4,9-13H2,(H,37,42)/t16-,17-,18-,19-,21-,22+,23+,24+,25+,26-,27+,28-,29-,30-,31-,32+,33-,34+,35-,36+/m1/s1. The third kappa shape index (κ3) is 11.4. The highest BCUT2D eigenvalue weighted by Crippen LogP contribution is 2.33. The third-order valence-corrected chi connectivity index (χ3v) is 10.6. The molecule has 0 saturated carbocycles. The lowest BCUT2D eigenvalue weighted by molar-refractivity contribution is -0.380. The molecule has 4 fully saturated rings. The van der Waals surface area contributed by atoms with Crippen LogP contribution >= 0.6 is 0 Å². The average molecular weight is 872 g/mol. The van der Waals surface area contributed by atoms with Gasteiger partial charge in [0.1, 0.15) is 103 Å². The number of carbonyl (C=O) groups excluding carboxylic acids is 1. The summed E-state index contributed by atoms with van der Waals surface area (Å²) in [6.45, 7) is -3.02. The number of aliphatic hydroxyl groups excluding tert-OH is 14. The first-order valence-electron chi connectivity index (χ1n) is 19.5. The number of ether oxygens (including phenoxy) is 8. The highest BCUT2D eigenvalue weighted by atomic mass is 16.8. The summed E-state index contributed by atoms with van der Waals surface area (Å²) in [4.78, 5) is 12.5. The fourth-order valence-corrected chi connectivity index (χ4v) is 7.08. The molecule has 1 aromatic carbocycles. The van der Waals surface area contributed by atoms with Crippen molar-refractivity contribution in [2.75, 3.05) is 38.4 Å². The van der Waals surface area contributed by atoms with Gasteiger partial charge in [-0.25, -0.2) is 0 Å². The number of benzene rings is 1. The van der Waals surface area contributed by atoms with E-state index in [4.69, 9.17) is 37.9 Å². The van der Waals surface area contributed by atoms with Gasteiger partial charge in [0.25, 0.3) is 0 Å². The molecule has 1 amide bonds. The van der Waals surface area contributed by atoms with Crippen LogP contribution in [0.25, 0.3) is 0 Å². The van der Waals surface area contributed by atoms with E-state index in [0.29, 0.717) is 24.9 Å². The predicted molar refractivity (Wildman–Crippen MR) is 193 cm³/mol. The van der Waals surface area contributed by atoms with E-state index in [9.17, 15) is 76.3 Å². The number of carbonyl (C=O) groups is 1. The first-order valence-corrected chi connectivity index (χ1v) is 19.5. The zero-order valence-electron chi connectivity index (χ0n) is 32.2. The lowest BCUT2D eigenvalue weighted by atomic mass is 9.96. The van der Waals surface area contributed by atoms with Gasteiger partial charge in [-0.1, -0.05) is 6.42 Å². The van der Waals surface area contributed by atoms with Crippen LogP contribution < -0.4 is 10.1 Å². The molecule has 24 heteroatoms. The second kappa shape index (κ2) is 22.3. The molecule has 344 valence electrons. The van der Waals surface area contributed by atoms with Gasteiger partial charge in [-0.3, -0.25) is 4.79 Å². The van der Waals surface area contributed by atoms with Crippen LogP contribution in [0, 0.1) is 0 Å². The van der Waals surface area contributed by atoms with E-state index in [0.717, 1.165) is 0 Å². The van der Waals surface area contributed by atoms with Crippen LogP contribution in [0.4, 0.5) is 5.69 Å². The molecule has 24 nitrogen and oxygen atoms in total. The van der Waals surface area contributed by atoms with Crippen LogP contribution in [0.2, 0.25) is 0 Å². The van der Waals surface area contributed by atoms with Gasteiger partial charge in [-0.2, -0.15) is 0 Å². The molecule has 1 aromatic rings. The van der Waals surface area contributed by atoms with Crippen LogP contribution in [0.3, 0.4) is 0 Å². The molecule has 20 atom stereocenters. The summed E-state index contributed by atoms with van der Waals surface area (Å²) in [5, 5.41) is 146. The zero-order chi connectivity index (χ0) is 43.8. The number of amides is 1. The Morgan fingerprint density at radius 3 is 1.57 bits per heavy atom. The van der Waals surface area contributed by atoms with Gasteiger partial charge >= 0.3 is 0 Å². The Kier molecular flexibility index (Phi) is 18.1. The van der Waals surface area contributed by atoms with E-state index in [1.54, 1.807) is 0 Å². The Hall–Kier alpha value is -2.35. The van der Waals surface area contributed by atoms with Gasteiger partial charge in [0.15, 0.2) is 18.9 Å². The van der Waals surface area contributed by atoms with E-state index in [1.165, 1.54) is 24.3 Å². The third-order valence-electron chi connectivity index (χ3n) is 10.6. The summed E-state index contributed by atoms with van der Waals surface area (Å²) < 4.78 is 44.2. The molecule has 4 aliphatic heterocycles. The van der Waals surface area contributed by atoms with Crippen LogP contribution in [0.1, 0.15) is 25.7 Å². The first-order chi connectivity index (χ1) is 28.6. The normalized spacial score (nSPS) is 42.4. The summed E-state index contributed by atoms with van der Waals surface area (Å²) in [7, 11) is 0. The number of hydrogen-bond donors (Lipinski definition) is 15. The van der Waals surface area contributed by atoms with Crippen molar-refractivity contribution in [2.24, 2.45) is 0 Å². The number of anilines is 1. The Labute approximate surface area is 342 Å². The molecule has 0 spiro atoms. The molecular weight excluding hydrogens is 814 g/mol. The summed E-state index contributed by atoms with van der Waals surface area (Å²) >= 11 is 0. The smallest absolute Gasteiger partial charge is 0.229 e. The van der Waals surface area contributed by atoms with Crippen LogP contribution in [-0.4, -0.2) is 233 Å². The summed E-state index contributed by atoms with van der Waals surface area (Å²) in [6.07, 6.45) is -31.2. The minimum Gasteiger partial charge on any atom is -0.462 e. The largest absolute Gasteiger partial charge is 0.462 e. The van der Waals surface area contributed by atoms with E-state index < -0.39 is 149 Å². The number of aliphatic hydroxyl groups is 14. The number of nitrogens with one attached hydrogen (secondary N) is 1. The summed E-state index contributed by atoms with van der Waals surface area (Å²) in [5.41, 5.74) is 0.434. The van der Waals surface area contributed by atoms with E-state index in [2.05, 4.69) is 5.32 Å². The minimum absolute atomic E-state index is 0.00708. The van der Waals surface area contributed by atoms with Crippen molar-refractivity contribution < 1.29 is 114 Å². The van der Waals surface area contributed by atoms with Crippen molar-refractivity contribution >= 4 is 11.6 Å². The van der Waals surface area contributed by atoms with Crippen LogP contribution in [0.5, 0.6) is 5.75 Å². The fourth-order valence-electron chi connectivity index (χ4n) is 7.08. The predicted octanol–water partition coefficient (Wildman–Crippen LogP) is -7.17. The maximum Gasteiger partial charge on any atom is 0.229 e. The summed E-state index contributed by atoms with van der Waals surface area (Å²) in [5.74, 6) is -0.0846. The molecule has 4 heterocycles. The van der Waals surface area contributed by atoms with E-state index in [-0.39, 0.29) is 24.7 Å². The van der Waals surface area contributed by atoms with Gasteiger partial charge < -0.3 is 115 Å². The highest BCUT2D eigenvalue weighted by molar-refractivity contribution is 5.90. The van der Waals surface area contributed by atoms with Crippen molar-refractivity contribution in [3.05, 3.63) is 24.3 Å². The maximum absolute atomic E-state index is 12.5. The van der Waals surface area contributed by atoms with E-state index in [1.807, 2.05) is 0 Å². The Morgan fingerprint density at radius 1 is 0.500 bits per heavy atom. The molecule has 4 saturated heterocycles. The topological polar surface area (TPSA) is 386 Å². The second-order valence-corrected chi connectivity index (χ2v) is 14.9. The van der Waals surface area contributed by atoms with Crippen LogP contribution in [0.15, 0.2) is 24.3 Å². The molecule has 60 heavy (non-hydrogen) atoms. The van der Waals surface area contributed by atoms with E-state index >= 15 is 0 Å². The molecule has 15 N–H and O–H groups in total. The zero-order valence-corrected chi connectivity index (χ0v) is 32.2. The SMILES string of the molecule is O=C(CCCCCO[C@@H]1O[C@H](CO)[C@@H](O[C@@H]2O[C@H](CO)[C@H](O)[C@H](O[C@H]3O[C@H](CO)[C@H](O)[C@H](O)[C@H]3O)[C@H]2O)[C@H](O)[C@H]1O)Nc1ccc(O[C@H]2O[C@H](CO)[C@@H](O)[C@H](O)[C@@H]2O)cc1. The average Bonchev–Trinajstić information content (AvgIpc) is 3.24. The molecular formula is C36H57NO23. The number of hydrogen-bond acceptors (Lipinski definition) is 23. The molecule has 0 aromatic heterocycles. The van der Waals surface area contributed by atoms with Crippen molar-refractivity contribution in [2.45, 2.75) is 149 Å².